The second kappa shape index (κ2) is 5.54. The van der Waals surface area contributed by atoms with Gasteiger partial charge in [0.1, 0.15) is 4.90 Å². The van der Waals surface area contributed by atoms with Crippen molar-refractivity contribution in [2.45, 2.75) is 37.6 Å². The van der Waals surface area contributed by atoms with Gasteiger partial charge in [0.15, 0.2) is 0 Å². The van der Waals surface area contributed by atoms with Crippen molar-refractivity contribution >= 4 is 37.2 Å². The predicted molar refractivity (Wildman–Crippen MR) is 78.9 cm³/mol. The fourth-order valence-electron chi connectivity index (χ4n) is 2.33. The SMILES string of the molecule is Cc1cc(C(=O)NC2CC(C)C2)cc(S(=O)(=O)Cl)c1Cl. The third-order valence-electron chi connectivity index (χ3n) is 3.46. The summed E-state index contributed by atoms with van der Waals surface area (Å²) in [5.74, 6) is 0.314. The minimum Gasteiger partial charge on any atom is -0.349 e. The molecule has 0 radical (unpaired) electrons. The number of aryl methyl sites for hydroxylation is 1. The molecule has 1 aliphatic rings. The number of carbonyl (C=O) groups is 1. The van der Waals surface area contributed by atoms with Crippen molar-refractivity contribution in [1.29, 1.82) is 0 Å². The molecule has 0 aromatic heterocycles. The monoisotopic (exact) mass is 335 g/mol. The van der Waals surface area contributed by atoms with Gasteiger partial charge in [-0.2, -0.15) is 0 Å². The van der Waals surface area contributed by atoms with Crippen LogP contribution in [0.2, 0.25) is 5.02 Å². The standard InChI is InChI=1S/C13H15Cl2NO3S/c1-7-3-10(4-7)16-13(17)9-5-8(2)12(14)11(6-9)20(15,18)19/h5-7,10H,3-4H2,1-2H3,(H,16,17). The van der Waals surface area contributed by atoms with Gasteiger partial charge in [0.25, 0.3) is 15.0 Å². The van der Waals surface area contributed by atoms with Gasteiger partial charge in [-0.05, 0) is 43.4 Å². The zero-order valence-electron chi connectivity index (χ0n) is 11.1. The molecule has 1 aromatic rings. The summed E-state index contributed by atoms with van der Waals surface area (Å²) in [5, 5.41) is 2.92. The Morgan fingerprint density at radius 1 is 1.35 bits per heavy atom. The van der Waals surface area contributed by atoms with E-state index in [1.807, 2.05) is 0 Å². The van der Waals surface area contributed by atoms with Gasteiger partial charge < -0.3 is 5.32 Å². The van der Waals surface area contributed by atoms with E-state index in [1.54, 1.807) is 13.0 Å². The molecule has 1 aliphatic carbocycles. The largest absolute Gasteiger partial charge is 0.349 e. The Morgan fingerprint density at radius 2 is 1.95 bits per heavy atom. The van der Waals surface area contributed by atoms with Crippen molar-refractivity contribution in [3.8, 4) is 0 Å². The summed E-state index contributed by atoms with van der Waals surface area (Å²) in [6.07, 6.45) is 1.89. The van der Waals surface area contributed by atoms with Crippen molar-refractivity contribution < 1.29 is 13.2 Å². The van der Waals surface area contributed by atoms with Crippen molar-refractivity contribution in [3.63, 3.8) is 0 Å². The zero-order valence-corrected chi connectivity index (χ0v) is 13.4. The van der Waals surface area contributed by atoms with Gasteiger partial charge in [-0.3, -0.25) is 4.79 Å². The number of carbonyl (C=O) groups excluding carboxylic acids is 1. The maximum absolute atomic E-state index is 12.1. The number of benzene rings is 1. The van der Waals surface area contributed by atoms with Crippen LogP contribution in [0.4, 0.5) is 0 Å². The van der Waals surface area contributed by atoms with Crippen molar-refractivity contribution in [2.75, 3.05) is 0 Å². The molecule has 1 saturated carbocycles. The first-order valence-corrected chi connectivity index (χ1v) is 8.93. The van der Waals surface area contributed by atoms with Gasteiger partial charge in [-0.1, -0.05) is 18.5 Å². The van der Waals surface area contributed by atoms with Crippen LogP contribution in [0.15, 0.2) is 17.0 Å². The molecule has 1 amide bonds. The van der Waals surface area contributed by atoms with E-state index in [9.17, 15) is 13.2 Å². The molecule has 1 aromatic carbocycles. The Balaban J connectivity index is 2.28. The number of nitrogens with one attached hydrogen (secondary N) is 1. The molecule has 0 bridgehead atoms. The lowest BCUT2D eigenvalue weighted by Crippen LogP contribution is -2.43. The fraction of sp³-hybridized carbons (Fsp3) is 0.462. The van der Waals surface area contributed by atoms with Gasteiger partial charge in [-0.15, -0.1) is 0 Å². The summed E-state index contributed by atoms with van der Waals surface area (Å²) in [4.78, 5) is 11.9. The highest BCUT2D eigenvalue weighted by Crippen LogP contribution is 2.30. The van der Waals surface area contributed by atoms with Crippen LogP contribution < -0.4 is 5.32 Å². The van der Waals surface area contributed by atoms with E-state index in [0.29, 0.717) is 11.5 Å². The average Bonchev–Trinajstić information content (AvgIpc) is 2.28. The topological polar surface area (TPSA) is 63.2 Å². The molecule has 0 saturated heterocycles. The maximum Gasteiger partial charge on any atom is 0.262 e. The summed E-state index contributed by atoms with van der Waals surface area (Å²) in [7, 11) is 1.35. The smallest absolute Gasteiger partial charge is 0.262 e. The second-order valence-electron chi connectivity index (χ2n) is 5.29. The Hall–Kier alpha value is -0.780. The molecular formula is C13H15Cl2NO3S. The molecule has 0 atom stereocenters. The Bertz CT molecular complexity index is 652. The average molecular weight is 336 g/mol. The molecule has 0 spiro atoms. The minimum atomic E-state index is -3.98. The lowest BCUT2D eigenvalue weighted by molar-refractivity contribution is 0.0896. The number of halogens is 2. The van der Waals surface area contributed by atoms with Crippen LogP contribution in [0.3, 0.4) is 0 Å². The van der Waals surface area contributed by atoms with Crippen LogP contribution in [-0.4, -0.2) is 20.4 Å². The molecule has 0 heterocycles. The molecule has 0 aliphatic heterocycles. The molecule has 1 fully saturated rings. The predicted octanol–water partition coefficient (Wildman–Crippen LogP) is 3.10. The molecule has 110 valence electrons. The molecule has 4 nitrogen and oxygen atoms in total. The molecular weight excluding hydrogens is 321 g/mol. The Labute approximate surface area is 127 Å². The van der Waals surface area contributed by atoms with Crippen LogP contribution in [0.25, 0.3) is 0 Å². The lowest BCUT2D eigenvalue weighted by Gasteiger charge is -2.33. The van der Waals surface area contributed by atoms with Crippen LogP contribution in [0, 0.1) is 12.8 Å². The van der Waals surface area contributed by atoms with Crippen molar-refractivity contribution in [1.82, 2.24) is 5.32 Å². The van der Waals surface area contributed by atoms with Crippen molar-refractivity contribution in [2.24, 2.45) is 5.92 Å². The van der Waals surface area contributed by atoms with Gasteiger partial charge in [-0.25, -0.2) is 8.42 Å². The van der Waals surface area contributed by atoms with E-state index in [4.69, 9.17) is 22.3 Å². The molecule has 0 unspecified atom stereocenters. The highest BCUT2D eigenvalue weighted by atomic mass is 35.7. The molecule has 7 heteroatoms. The summed E-state index contributed by atoms with van der Waals surface area (Å²) in [6.45, 7) is 3.75. The first-order chi connectivity index (χ1) is 9.18. The Kier molecular flexibility index (Phi) is 4.33. The van der Waals surface area contributed by atoms with E-state index in [-0.39, 0.29) is 27.4 Å². The van der Waals surface area contributed by atoms with Crippen LogP contribution in [0.1, 0.15) is 35.7 Å². The second-order valence-corrected chi connectivity index (χ2v) is 8.20. The third kappa shape index (κ3) is 3.27. The summed E-state index contributed by atoms with van der Waals surface area (Å²) in [6, 6.07) is 2.94. The summed E-state index contributed by atoms with van der Waals surface area (Å²) < 4.78 is 22.9. The molecule has 1 N–H and O–H groups in total. The van der Waals surface area contributed by atoms with E-state index >= 15 is 0 Å². The van der Waals surface area contributed by atoms with Crippen LogP contribution in [0.5, 0.6) is 0 Å². The Morgan fingerprint density at radius 3 is 2.45 bits per heavy atom. The fourth-order valence-corrected chi connectivity index (χ4v) is 3.87. The molecule has 2 rings (SSSR count). The van der Waals surface area contributed by atoms with E-state index in [1.165, 1.54) is 6.07 Å². The van der Waals surface area contributed by atoms with Gasteiger partial charge in [0.05, 0.1) is 5.02 Å². The van der Waals surface area contributed by atoms with Crippen LogP contribution in [-0.2, 0) is 9.05 Å². The van der Waals surface area contributed by atoms with Crippen molar-refractivity contribution in [3.05, 3.63) is 28.3 Å². The van der Waals surface area contributed by atoms with Gasteiger partial charge >= 0.3 is 0 Å². The minimum absolute atomic E-state index is 0.0498. The van der Waals surface area contributed by atoms with Gasteiger partial charge in [0.2, 0.25) is 0 Å². The van der Waals surface area contributed by atoms with E-state index < -0.39 is 9.05 Å². The maximum atomic E-state index is 12.1. The van der Waals surface area contributed by atoms with E-state index in [2.05, 4.69) is 12.2 Å². The van der Waals surface area contributed by atoms with E-state index in [0.717, 1.165) is 12.8 Å². The molecule has 20 heavy (non-hydrogen) atoms. The van der Waals surface area contributed by atoms with Gasteiger partial charge in [0, 0.05) is 22.3 Å². The lowest BCUT2D eigenvalue weighted by atomic mass is 9.82. The zero-order chi connectivity index (χ0) is 15.1. The number of amides is 1. The summed E-state index contributed by atoms with van der Waals surface area (Å²) >= 11 is 5.92. The number of hydrogen-bond donors (Lipinski definition) is 1. The van der Waals surface area contributed by atoms with Crippen LogP contribution >= 0.6 is 22.3 Å². The number of hydrogen-bond acceptors (Lipinski definition) is 3. The first kappa shape index (κ1) is 15.6. The summed E-state index contributed by atoms with van der Waals surface area (Å²) in [5.41, 5.74) is 0.756. The highest BCUT2D eigenvalue weighted by molar-refractivity contribution is 8.13. The normalized spacial score (nSPS) is 22.2. The number of rotatable bonds is 3. The highest BCUT2D eigenvalue weighted by Gasteiger charge is 2.27. The third-order valence-corrected chi connectivity index (χ3v) is 5.41. The quantitative estimate of drug-likeness (QED) is 0.863. The first-order valence-electron chi connectivity index (χ1n) is 6.24.